The van der Waals surface area contributed by atoms with Gasteiger partial charge in [-0.1, -0.05) is 54.6 Å². The molecule has 1 heterocycles. The van der Waals surface area contributed by atoms with Gasteiger partial charge in [0.25, 0.3) is 0 Å². The summed E-state index contributed by atoms with van der Waals surface area (Å²) < 4.78 is 5.52. The van der Waals surface area contributed by atoms with Crippen LogP contribution in [0.1, 0.15) is 28.3 Å². The third-order valence-corrected chi connectivity index (χ3v) is 5.12. The molecule has 146 valence electrons. The lowest BCUT2D eigenvalue weighted by molar-refractivity contribution is 0.144. The van der Waals surface area contributed by atoms with Crippen LogP contribution in [0, 0.1) is 6.92 Å². The van der Waals surface area contributed by atoms with E-state index in [1.165, 1.54) is 22.3 Å². The van der Waals surface area contributed by atoms with Crippen LogP contribution in [0.4, 0.5) is 10.5 Å². The van der Waals surface area contributed by atoms with E-state index in [2.05, 4.69) is 34.6 Å². The molecule has 4 rings (SSSR count). The number of benzene rings is 2. The molecule has 1 aromatic heterocycles. The fourth-order valence-electron chi connectivity index (χ4n) is 3.74. The van der Waals surface area contributed by atoms with E-state index in [-0.39, 0.29) is 5.92 Å². The zero-order valence-electron chi connectivity index (χ0n) is 16.3. The summed E-state index contributed by atoms with van der Waals surface area (Å²) >= 11 is 0. The van der Waals surface area contributed by atoms with Gasteiger partial charge in [-0.3, -0.25) is 4.98 Å². The fourth-order valence-corrected chi connectivity index (χ4v) is 3.74. The molecule has 1 amide bonds. The maximum atomic E-state index is 12.1. The number of pyridine rings is 1. The molecule has 3 aromatic rings. The lowest BCUT2D eigenvalue weighted by Crippen LogP contribution is -2.26. The van der Waals surface area contributed by atoms with Gasteiger partial charge in [0.2, 0.25) is 0 Å². The number of aryl methyl sites for hydroxylation is 1. The molecule has 1 aliphatic carbocycles. The molecule has 0 fully saturated rings. The Morgan fingerprint density at radius 3 is 2.45 bits per heavy atom. The van der Waals surface area contributed by atoms with Crippen LogP contribution in [-0.4, -0.2) is 24.2 Å². The minimum atomic E-state index is -0.432. The highest BCUT2D eigenvalue weighted by atomic mass is 16.5. The van der Waals surface area contributed by atoms with Gasteiger partial charge >= 0.3 is 6.09 Å². The topological polar surface area (TPSA) is 77.2 Å². The Kier molecular flexibility index (Phi) is 5.29. The van der Waals surface area contributed by atoms with Gasteiger partial charge in [0.15, 0.2) is 0 Å². The maximum absolute atomic E-state index is 12.1. The van der Waals surface area contributed by atoms with Crippen LogP contribution in [0.2, 0.25) is 0 Å². The second kappa shape index (κ2) is 8.19. The zero-order valence-corrected chi connectivity index (χ0v) is 16.3. The molecule has 0 saturated carbocycles. The van der Waals surface area contributed by atoms with Crippen molar-refractivity contribution >= 4 is 17.9 Å². The van der Waals surface area contributed by atoms with Crippen molar-refractivity contribution in [1.82, 2.24) is 10.3 Å². The van der Waals surface area contributed by atoms with Crippen molar-refractivity contribution < 1.29 is 9.53 Å². The first kappa shape index (κ1) is 18.7. The summed E-state index contributed by atoms with van der Waals surface area (Å²) in [5, 5.41) is 2.76. The van der Waals surface area contributed by atoms with Gasteiger partial charge < -0.3 is 15.8 Å². The van der Waals surface area contributed by atoms with Crippen molar-refractivity contribution in [2.75, 3.05) is 18.9 Å². The number of amides is 1. The number of carbonyl (C=O) groups excluding carboxylic acids is 1. The Hall–Kier alpha value is -3.60. The predicted octanol–water partition coefficient (Wildman–Crippen LogP) is 4.52. The summed E-state index contributed by atoms with van der Waals surface area (Å²) in [6.07, 6.45) is 4.88. The summed E-state index contributed by atoms with van der Waals surface area (Å²) in [7, 11) is 0. The SMILES string of the molecule is Cc1cc(N)cnc1C=CCNC(=O)OCC1c2ccccc2-c2ccccc21. The number of anilines is 1. The molecule has 0 saturated heterocycles. The minimum Gasteiger partial charge on any atom is -0.449 e. The Labute approximate surface area is 170 Å². The monoisotopic (exact) mass is 385 g/mol. The zero-order chi connectivity index (χ0) is 20.2. The summed E-state index contributed by atoms with van der Waals surface area (Å²) in [6.45, 7) is 2.62. The van der Waals surface area contributed by atoms with Crippen LogP contribution in [0.15, 0.2) is 66.9 Å². The van der Waals surface area contributed by atoms with Crippen molar-refractivity contribution in [2.45, 2.75) is 12.8 Å². The standard InChI is InChI=1S/C24H23N3O2/c1-16-13-17(25)14-27-23(16)11-6-12-26-24(28)29-15-22-20-9-4-2-7-18(20)19-8-3-5-10-21(19)22/h2-11,13-14,22H,12,15,25H2,1H3,(H,26,28). The summed E-state index contributed by atoms with van der Waals surface area (Å²) in [5.41, 5.74) is 13.0. The summed E-state index contributed by atoms with van der Waals surface area (Å²) in [4.78, 5) is 16.4. The number of fused-ring (bicyclic) bond motifs is 3. The molecule has 3 N–H and O–H groups in total. The highest BCUT2D eigenvalue weighted by Crippen LogP contribution is 2.44. The third kappa shape index (κ3) is 3.99. The lowest BCUT2D eigenvalue weighted by atomic mass is 9.98. The van der Waals surface area contributed by atoms with E-state index in [0.29, 0.717) is 18.8 Å². The van der Waals surface area contributed by atoms with E-state index >= 15 is 0 Å². The Morgan fingerprint density at radius 2 is 1.79 bits per heavy atom. The summed E-state index contributed by atoms with van der Waals surface area (Å²) in [6, 6.07) is 18.4. The molecule has 0 atom stereocenters. The van der Waals surface area contributed by atoms with Crippen molar-refractivity contribution in [1.29, 1.82) is 0 Å². The number of hydrogen-bond donors (Lipinski definition) is 2. The Bertz CT molecular complexity index is 1030. The van der Waals surface area contributed by atoms with E-state index in [9.17, 15) is 4.79 Å². The second-order valence-corrected chi connectivity index (χ2v) is 7.08. The summed E-state index contributed by atoms with van der Waals surface area (Å²) in [5.74, 6) is 0.0605. The number of aromatic nitrogens is 1. The van der Waals surface area contributed by atoms with Crippen LogP contribution >= 0.6 is 0 Å². The number of alkyl carbamates (subject to hydrolysis) is 1. The van der Waals surface area contributed by atoms with Gasteiger partial charge in [0.05, 0.1) is 17.6 Å². The average molecular weight is 385 g/mol. The van der Waals surface area contributed by atoms with Crippen molar-refractivity contribution in [3.8, 4) is 11.1 Å². The van der Waals surface area contributed by atoms with Crippen LogP contribution in [0.3, 0.4) is 0 Å². The van der Waals surface area contributed by atoms with Crippen LogP contribution in [-0.2, 0) is 4.74 Å². The van der Waals surface area contributed by atoms with E-state index in [1.807, 2.05) is 49.4 Å². The van der Waals surface area contributed by atoms with Gasteiger partial charge in [-0.15, -0.1) is 0 Å². The molecular formula is C24H23N3O2. The van der Waals surface area contributed by atoms with Crippen molar-refractivity contribution in [2.24, 2.45) is 0 Å². The van der Waals surface area contributed by atoms with E-state index < -0.39 is 6.09 Å². The van der Waals surface area contributed by atoms with E-state index in [1.54, 1.807) is 6.20 Å². The molecule has 1 aliphatic rings. The molecule has 0 radical (unpaired) electrons. The van der Waals surface area contributed by atoms with Crippen molar-refractivity contribution in [3.63, 3.8) is 0 Å². The molecule has 5 nitrogen and oxygen atoms in total. The molecule has 0 bridgehead atoms. The highest BCUT2D eigenvalue weighted by molar-refractivity contribution is 5.79. The maximum Gasteiger partial charge on any atom is 0.407 e. The molecule has 0 unspecified atom stereocenters. The van der Waals surface area contributed by atoms with Crippen LogP contribution in [0.5, 0.6) is 0 Å². The smallest absolute Gasteiger partial charge is 0.407 e. The molecule has 0 aliphatic heterocycles. The first-order valence-corrected chi connectivity index (χ1v) is 9.61. The molecule has 29 heavy (non-hydrogen) atoms. The quantitative estimate of drug-likeness (QED) is 0.677. The minimum absolute atomic E-state index is 0.0605. The number of nitrogens with two attached hydrogens (primary N) is 1. The molecule has 2 aromatic carbocycles. The highest BCUT2D eigenvalue weighted by Gasteiger charge is 2.28. The van der Waals surface area contributed by atoms with Gasteiger partial charge in [-0.05, 0) is 46.9 Å². The Morgan fingerprint density at radius 1 is 1.14 bits per heavy atom. The second-order valence-electron chi connectivity index (χ2n) is 7.08. The number of nitrogens with zero attached hydrogens (tertiary/aromatic N) is 1. The van der Waals surface area contributed by atoms with Gasteiger partial charge in [-0.25, -0.2) is 4.79 Å². The number of nitrogens with one attached hydrogen (secondary N) is 1. The van der Waals surface area contributed by atoms with Crippen LogP contribution in [0.25, 0.3) is 17.2 Å². The van der Waals surface area contributed by atoms with Gasteiger partial charge in [-0.2, -0.15) is 0 Å². The number of hydrogen-bond acceptors (Lipinski definition) is 4. The van der Waals surface area contributed by atoms with Gasteiger partial charge in [0, 0.05) is 12.5 Å². The lowest BCUT2D eigenvalue weighted by Gasteiger charge is -2.14. The van der Waals surface area contributed by atoms with Crippen molar-refractivity contribution in [3.05, 3.63) is 89.3 Å². The largest absolute Gasteiger partial charge is 0.449 e. The average Bonchev–Trinajstić information content (AvgIpc) is 3.05. The first-order chi connectivity index (χ1) is 14.1. The number of carbonyl (C=O) groups is 1. The molecule has 5 heteroatoms. The van der Waals surface area contributed by atoms with Crippen LogP contribution < -0.4 is 11.1 Å². The number of ether oxygens (including phenoxy) is 1. The fraction of sp³-hybridized carbons (Fsp3) is 0.167. The predicted molar refractivity (Wildman–Crippen MR) is 115 cm³/mol. The van der Waals surface area contributed by atoms with E-state index in [4.69, 9.17) is 10.5 Å². The third-order valence-electron chi connectivity index (χ3n) is 5.12. The first-order valence-electron chi connectivity index (χ1n) is 9.61. The van der Waals surface area contributed by atoms with E-state index in [0.717, 1.165) is 11.3 Å². The Balaban J connectivity index is 1.34. The molecular weight excluding hydrogens is 362 g/mol. The number of rotatable bonds is 5. The molecule has 0 spiro atoms. The van der Waals surface area contributed by atoms with Gasteiger partial charge in [0.1, 0.15) is 6.61 Å². The normalized spacial score (nSPS) is 12.6. The number of nitrogen functional groups attached to an aromatic ring is 1.